The minimum absolute atomic E-state index is 0.0567. The van der Waals surface area contributed by atoms with Gasteiger partial charge in [-0.15, -0.1) is 0 Å². The van der Waals surface area contributed by atoms with E-state index in [-0.39, 0.29) is 18.4 Å². The van der Waals surface area contributed by atoms with E-state index in [4.69, 9.17) is 9.47 Å². The number of likely N-dealkylation sites (N-methyl/N-ethyl adjacent to an activating group) is 1. The molecule has 0 fully saturated rings. The number of amides is 2. The first-order valence-corrected chi connectivity index (χ1v) is 9.65. The Morgan fingerprint density at radius 1 is 0.966 bits per heavy atom. The van der Waals surface area contributed by atoms with Crippen LogP contribution in [0.3, 0.4) is 0 Å². The van der Waals surface area contributed by atoms with Crippen LogP contribution >= 0.6 is 0 Å². The summed E-state index contributed by atoms with van der Waals surface area (Å²) in [5.74, 6) is 0.737. The van der Waals surface area contributed by atoms with E-state index in [0.29, 0.717) is 23.7 Å². The van der Waals surface area contributed by atoms with Crippen molar-refractivity contribution in [2.75, 3.05) is 44.0 Å². The Labute approximate surface area is 172 Å². The van der Waals surface area contributed by atoms with E-state index in [1.54, 1.807) is 31.4 Å². The molecule has 0 saturated carbocycles. The molecule has 0 unspecified atom stereocenters. The molecule has 0 saturated heterocycles. The highest BCUT2D eigenvalue weighted by atomic mass is 16.5. The number of methoxy groups -OCH3 is 1. The number of benzene rings is 2. The highest BCUT2D eigenvalue weighted by Crippen LogP contribution is 2.25. The first kappa shape index (κ1) is 22.2. The monoisotopic (exact) mass is 399 g/mol. The second-order valence-corrected chi connectivity index (χ2v) is 6.53. The highest BCUT2D eigenvalue weighted by molar-refractivity contribution is 5.95. The number of nitrogens with one attached hydrogen (secondary N) is 2. The summed E-state index contributed by atoms with van der Waals surface area (Å²) in [6, 6.07) is 12.5. The number of aryl methyl sites for hydroxylation is 1. The van der Waals surface area contributed by atoms with Crippen LogP contribution < -0.4 is 20.1 Å². The summed E-state index contributed by atoms with van der Waals surface area (Å²) < 4.78 is 10.7. The molecule has 29 heavy (non-hydrogen) atoms. The van der Waals surface area contributed by atoms with Crippen LogP contribution in [0.1, 0.15) is 19.4 Å². The first-order valence-electron chi connectivity index (χ1n) is 9.65. The lowest BCUT2D eigenvalue weighted by molar-refractivity contribution is -0.118. The second-order valence-electron chi connectivity index (χ2n) is 6.53. The molecule has 0 aromatic heterocycles. The molecule has 2 aromatic rings. The molecule has 0 heterocycles. The first-order chi connectivity index (χ1) is 14.0. The standard InChI is InChI=1S/C22H29N3O4/c1-5-25(6-2)14-21(26)24-18-12-11-17(13-16(18)3)23-22(27)15-29-20-10-8-7-9-19(20)28-4/h7-13H,5-6,14-15H2,1-4H3,(H,23,27)(H,24,26). The van der Waals surface area contributed by atoms with Crippen LogP contribution in [0.2, 0.25) is 0 Å². The summed E-state index contributed by atoms with van der Waals surface area (Å²) in [5.41, 5.74) is 2.23. The summed E-state index contributed by atoms with van der Waals surface area (Å²) in [5, 5.41) is 5.71. The molecule has 2 N–H and O–H groups in total. The fourth-order valence-corrected chi connectivity index (χ4v) is 2.80. The summed E-state index contributed by atoms with van der Waals surface area (Å²) >= 11 is 0. The van der Waals surface area contributed by atoms with Crippen LogP contribution in [-0.4, -0.2) is 50.1 Å². The summed E-state index contributed by atoms with van der Waals surface area (Å²) in [6.45, 7) is 7.80. The van der Waals surface area contributed by atoms with Gasteiger partial charge in [0.25, 0.3) is 5.91 Å². The molecule has 0 aliphatic carbocycles. The Morgan fingerprint density at radius 3 is 2.28 bits per heavy atom. The topological polar surface area (TPSA) is 79.9 Å². The maximum Gasteiger partial charge on any atom is 0.262 e. The lowest BCUT2D eigenvalue weighted by Gasteiger charge is -2.18. The van der Waals surface area contributed by atoms with E-state index < -0.39 is 0 Å². The van der Waals surface area contributed by atoms with Gasteiger partial charge in [-0.25, -0.2) is 0 Å². The number of ether oxygens (including phenoxy) is 2. The lowest BCUT2D eigenvalue weighted by atomic mass is 10.1. The third kappa shape index (κ3) is 6.80. The van der Waals surface area contributed by atoms with Crippen LogP contribution in [0.25, 0.3) is 0 Å². The molecule has 2 aromatic carbocycles. The van der Waals surface area contributed by atoms with Gasteiger partial charge in [-0.1, -0.05) is 26.0 Å². The molecule has 0 spiro atoms. The molecule has 0 atom stereocenters. The Bertz CT molecular complexity index is 835. The molecule has 156 valence electrons. The smallest absolute Gasteiger partial charge is 0.262 e. The van der Waals surface area contributed by atoms with Gasteiger partial charge in [0.15, 0.2) is 18.1 Å². The van der Waals surface area contributed by atoms with Crippen molar-refractivity contribution in [3.05, 3.63) is 48.0 Å². The average Bonchev–Trinajstić information content (AvgIpc) is 2.72. The van der Waals surface area contributed by atoms with Crippen molar-refractivity contribution < 1.29 is 19.1 Å². The Kier molecular flexibility index (Phi) is 8.48. The van der Waals surface area contributed by atoms with Crippen molar-refractivity contribution >= 4 is 23.2 Å². The lowest BCUT2D eigenvalue weighted by Crippen LogP contribution is -2.33. The third-order valence-corrected chi connectivity index (χ3v) is 4.47. The van der Waals surface area contributed by atoms with E-state index in [1.165, 1.54) is 0 Å². The molecule has 0 aliphatic rings. The third-order valence-electron chi connectivity index (χ3n) is 4.47. The van der Waals surface area contributed by atoms with Crippen LogP contribution in [0.15, 0.2) is 42.5 Å². The number of nitrogens with zero attached hydrogens (tertiary/aromatic N) is 1. The van der Waals surface area contributed by atoms with Crippen LogP contribution in [0.5, 0.6) is 11.5 Å². The molecule has 0 radical (unpaired) electrons. The highest BCUT2D eigenvalue weighted by Gasteiger charge is 2.11. The molecular weight excluding hydrogens is 370 g/mol. The minimum Gasteiger partial charge on any atom is -0.493 e. The van der Waals surface area contributed by atoms with Gasteiger partial charge < -0.3 is 20.1 Å². The zero-order valence-electron chi connectivity index (χ0n) is 17.5. The molecule has 2 rings (SSSR count). The van der Waals surface area contributed by atoms with Crippen molar-refractivity contribution in [3.8, 4) is 11.5 Å². The van der Waals surface area contributed by atoms with Gasteiger partial charge >= 0.3 is 0 Å². The van der Waals surface area contributed by atoms with Gasteiger partial charge in [-0.3, -0.25) is 14.5 Å². The second kappa shape index (κ2) is 11.1. The van der Waals surface area contributed by atoms with Crippen LogP contribution in [0, 0.1) is 6.92 Å². The number of rotatable bonds is 10. The molecular formula is C22H29N3O4. The quantitative estimate of drug-likeness (QED) is 0.641. The molecule has 0 bridgehead atoms. The maximum atomic E-state index is 12.2. The SMILES string of the molecule is CCN(CC)CC(=O)Nc1ccc(NC(=O)COc2ccccc2OC)cc1C. The number of anilines is 2. The molecule has 7 nitrogen and oxygen atoms in total. The van der Waals surface area contributed by atoms with Crippen molar-refractivity contribution in [3.63, 3.8) is 0 Å². The number of carbonyl (C=O) groups excluding carboxylic acids is 2. The van der Waals surface area contributed by atoms with Crippen molar-refractivity contribution in [1.82, 2.24) is 4.90 Å². The predicted octanol–water partition coefficient (Wildman–Crippen LogP) is 3.30. The van der Waals surface area contributed by atoms with Gasteiger partial charge in [0.2, 0.25) is 5.91 Å². The van der Waals surface area contributed by atoms with E-state index in [0.717, 1.165) is 24.3 Å². The van der Waals surface area contributed by atoms with Gasteiger partial charge in [-0.2, -0.15) is 0 Å². The average molecular weight is 399 g/mol. The maximum absolute atomic E-state index is 12.2. The van der Waals surface area contributed by atoms with Gasteiger partial charge in [-0.05, 0) is 55.9 Å². The van der Waals surface area contributed by atoms with Crippen molar-refractivity contribution in [2.45, 2.75) is 20.8 Å². The largest absolute Gasteiger partial charge is 0.493 e. The fraction of sp³-hybridized carbons (Fsp3) is 0.364. The zero-order valence-corrected chi connectivity index (χ0v) is 17.5. The summed E-state index contributed by atoms with van der Waals surface area (Å²) in [7, 11) is 1.55. The fourth-order valence-electron chi connectivity index (χ4n) is 2.80. The summed E-state index contributed by atoms with van der Waals surface area (Å²) in [6.07, 6.45) is 0. The predicted molar refractivity (Wildman–Crippen MR) is 115 cm³/mol. The molecule has 0 aliphatic heterocycles. The Morgan fingerprint density at radius 2 is 1.66 bits per heavy atom. The van der Waals surface area contributed by atoms with Crippen LogP contribution in [-0.2, 0) is 9.59 Å². The zero-order chi connectivity index (χ0) is 21.2. The minimum atomic E-state index is -0.284. The van der Waals surface area contributed by atoms with Gasteiger partial charge in [0.05, 0.1) is 13.7 Å². The summed E-state index contributed by atoms with van der Waals surface area (Å²) in [4.78, 5) is 26.4. The molecule has 7 heteroatoms. The normalized spacial score (nSPS) is 10.5. The van der Waals surface area contributed by atoms with E-state index in [9.17, 15) is 9.59 Å². The number of carbonyl (C=O) groups is 2. The van der Waals surface area contributed by atoms with E-state index >= 15 is 0 Å². The van der Waals surface area contributed by atoms with Gasteiger partial charge in [0.1, 0.15) is 0 Å². The van der Waals surface area contributed by atoms with Crippen LogP contribution in [0.4, 0.5) is 11.4 Å². The number of para-hydroxylation sites is 2. The number of hydrogen-bond donors (Lipinski definition) is 2. The van der Waals surface area contributed by atoms with Gasteiger partial charge in [0, 0.05) is 11.4 Å². The van der Waals surface area contributed by atoms with E-state index in [2.05, 4.69) is 10.6 Å². The van der Waals surface area contributed by atoms with Crippen molar-refractivity contribution in [2.24, 2.45) is 0 Å². The molecule has 2 amide bonds. The Hall–Kier alpha value is -3.06. The number of hydrogen-bond acceptors (Lipinski definition) is 5. The van der Waals surface area contributed by atoms with Crippen molar-refractivity contribution in [1.29, 1.82) is 0 Å². The van der Waals surface area contributed by atoms with E-state index in [1.807, 2.05) is 43.9 Å². The Balaban J connectivity index is 1.90.